The normalized spacial score (nSPS) is 18.3. The molecule has 0 aromatic heterocycles. The smallest absolute Gasteiger partial charge is 0.0425 e. The molecule has 0 spiro atoms. The van der Waals surface area contributed by atoms with E-state index in [1.807, 2.05) is 7.05 Å². The lowest BCUT2D eigenvalue weighted by atomic mass is 9.98. The Kier molecular flexibility index (Phi) is 5.29. The molecule has 1 saturated carbocycles. The lowest BCUT2D eigenvalue weighted by Gasteiger charge is -2.30. The van der Waals surface area contributed by atoms with Crippen LogP contribution in [0.3, 0.4) is 0 Å². The molecule has 2 aliphatic carbocycles. The standard InChI is InChI=1S/C25H30N2/c1-26-19-20-7-5-11-23(14-13-20)25(16-17-25)27(2)18-15-22-10-6-9-21-8-3-4-12-24(21)22/h3-10,12-14,26H,11,15-19H2,1-2H3. The van der Waals surface area contributed by atoms with Gasteiger partial charge in [0.1, 0.15) is 0 Å². The van der Waals surface area contributed by atoms with Crippen molar-refractivity contribution in [1.82, 2.24) is 10.2 Å². The van der Waals surface area contributed by atoms with Crippen LogP contribution in [0.1, 0.15) is 24.8 Å². The van der Waals surface area contributed by atoms with Crippen LogP contribution in [-0.2, 0) is 6.42 Å². The van der Waals surface area contributed by atoms with E-state index in [2.05, 4.69) is 84.0 Å². The molecule has 0 radical (unpaired) electrons. The molecular formula is C25H30N2. The summed E-state index contributed by atoms with van der Waals surface area (Å²) in [5.74, 6) is 0. The van der Waals surface area contributed by atoms with E-state index in [1.54, 1.807) is 5.57 Å². The summed E-state index contributed by atoms with van der Waals surface area (Å²) >= 11 is 0. The quantitative estimate of drug-likeness (QED) is 0.759. The molecule has 0 amide bonds. The predicted octanol–water partition coefficient (Wildman–Crippen LogP) is 4.88. The second-order valence-electron chi connectivity index (χ2n) is 7.91. The molecule has 2 aliphatic rings. The summed E-state index contributed by atoms with van der Waals surface area (Å²) in [5, 5.41) is 5.99. The number of benzene rings is 2. The first-order valence-corrected chi connectivity index (χ1v) is 10.1. The van der Waals surface area contributed by atoms with Crippen LogP contribution in [0.2, 0.25) is 0 Å². The minimum absolute atomic E-state index is 0.278. The van der Waals surface area contributed by atoms with Gasteiger partial charge >= 0.3 is 0 Å². The summed E-state index contributed by atoms with van der Waals surface area (Å²) in [6.45, 7) is 2.03. The van der Waals surface area contributed by atoms with Crippen LogP contribution < -0.4 is 5.32 Å². The van der Waals surface area contributed by atoms with Crippen molar-refractivity contribution in [2.45, 2.75) is 31.2 Å². The minimum atomic E-state index is 0.278. The van der Waals surface area contributed by atoms with Gasteiger partial charge < -0.3 is 5.32 Å². The van der Waals surface area contributed by atoms with Crippen molar-refractivity contribution < 1.29 is 0 Å². The van der Waals surface area contributed by atoms with Gasteiger partial charge in [0.25, 0.3) is 0 Å². The van der Waals surface area contributed by atoms with Gasteiger partial charge in [0, 0.05) is 18.6 Å². The number of fused-ring (bicyclic) bond motifs is 1. The topological polar surface area (TPSA) is 15.3 Å². The maximum atomic E-state index is 3.25. The molecule has 0 bridgehead atoms. The zero-order valence-corrected chi connectivity index (χ0v) is 16.5. The third kappa shape index (κ3) is 3.78. The summed E-state index contributed by atoms with van der Waals surface area (Å²) in [4.78, 5) is 2.60. The molecule has 140 valence electrons. The SMILES string of the molecule is CNCC1=CC=C(C2(N(C)CCc3cccc4ccccc34)CC2)CC=C1. The van der Waals surface area contributed by atoms with Crippen molar-refractivity contribution >= 4 is 10.8 Å². The zero-order valence-electron chi connectivity index (χ0n) is 16.5. The van der Waals surface area contributed by atoms with E-state index < -0.39 is 0 Å². The van der Waals surface area contributed by atoms with Crippen LogP contribution in [-0.4, -0.2) is 37.6 Å². The van der Waals surface area contributed by atoms with Gasteiger partial charge in [-0.15, -0.1) is 0 Å². The van der Waals surface area contributed by atoms with Crippen LogP contribution in [0.15, 0.2) is 77.9 Å². The number of hydrogen-bond acceptors (Lipinski definition) is 2. The van der Waals surface area contributed by atoms with Crippen molar-refractivity contribution in [2.24, 2.45) is 0 Å². The van der Waals surface area contributed by atoms with Crippen LogP contribution in [0.4, 0.5) is 0 Å². The Hall–Kier alpha value is -2.16. The monoisotopic (exact) mass is 358 g/mol. The first kappa shape index (κ1) is 18.2. The van der Waals surface area contributed by atoms with Crippen molar-refractivity contribution in [3.05, 3.63) is 83.5 Å². The highest BCUT2D eigenvalue weighted by molar-refractivity contribution is 5.85. The van der Waals surface area contributed by atoms with E-state index in [0.717, 1.165) is 25.9 Å². The molecule has 2 nitrogen and oxygen atoms in total. The third-order valence-electron chi connectivity index (χ3n) is 6.20. The van der Waals surface area contributed by atoms with Gasteiger partial charge in [-0.3, -0.25) is 4.90 Å². The van der Waals surface area contributed by atoms with Gasteiger partial charge in [-0.1, -0.05) is 66.8 Å². The molecular weight excluding hydrogens is 328 g/mol. The molecule has 0 unspecified atom stereocenters. The number of nitrogens with one attached hydrogen (secondary N) is 1. The summed E-state index contributed by atoms with van der Waals surface area (Å²) < 4.78 is 0. The highest BCUT2D eigenvalue weighted by Crippen LogP contribution is 2.48. The van der Waals surface area contributed by atoms with Crippen LogP contribution in [0.5, 0.6) is 0 Å². The molecule has 0 aliphatic heterocycles. The number of hydrogen-bond donors (Lipinski definition) is 1. The molecule has 2 aromatic carbocycles. The Labute approximate surface area is 163 Å². The molecule has 0 atom stereocenters. The van der Waals surface area contributed by atoms with Crippen molar-refractivity contribution in [3.8, 4) is 0 Å². The Morgan fingerprint density at radius 2 is 1.85 bits per heavy atom. The van der Waals surface area contributed by atoms with E-state index in [4.69, 9.17) is 0 Å². The van der Waals surface area contributed by atoms with Crippen molar-refractivity contribution in [3.63, 3.8) is 0 Å². The van der Waals surface area contributed by atoms with Crippen LogP contribution in [0, 0.1) is 0 Å². The maximum Gasteiger partial charge on any atom is 0.0425 e. The summed E-state index contributed by atoms with van der Waals surface area (Å²) in [7, 11) is 4.32. The lowest BCUT2D eigenvalue weighted by Crippen LogP contribution is -2.37. The molecule has 2 heteroatoms. The molecule has 1 fully saturated rings. The highest BCUT2D eigenvalue weighted by Gasteiger charge is 2.48. The van der Waals surface area contributed by atoms with E-state index in [9.17, 15) is 0 Å². The van der Waals surface area contributed by atoms with Gasteiger partial charge in [0.15, 0.2) is 0 Å². The number of nitrogens with zero attached hydrogens (tertiary/aromatic N) is 1. The number of rotatable bonds is 7. The first-order chi connectivity index (χ1) is 13.2. The highest BCUT2D eigenvalue weighted by atomic mass is 15.2. The van der Waals surface area contributed by atoms with E-state index >= 15 is 0 Å². The Balaban J connectivity index is 1.48. The van der Waals surface area contributed by atoms with Crippen LogP contribution in [0.25, 0.3) is 10.8 Å². The summed E-state index contributed by atoms with van der Waals surface area (Å²) in [6, 6.07) is 15.4. The lowest BCUT2D eigenvalue weighted by molar-refractivity contribution is 0.254. The second kappa shape index (κ2) is 7.84. The minimum Gasteiger partial charge on any atom is -0.316 e. The van der Waals surface area contributed by atoms with E-state index in [-0.39, 0.29) is 5.54 Å². The Morgan fingerprint density at radius 3 is 2.67 bits per heavy atom. The molecule has 1 N–H and O–H groups in total. The maximum absolute atomic E-state index is 3.25. The molecule has 4 rings (SSSR count). The average molecular weight is 359 g/mol. The third-order valence-corrected chi connectivity index (χ3v) is 6.20. The fourth-order valence-corrected chi connectivity index (χ4v) is 4.41. The van der Waals surface area contributed by atoms with Gasteiger partial charge in [-0.2, -0.15) is 0 Å². The Bertz CT molecular complexity index is 894. The molecule has 2 aromatic rings. The molecule has 27 heavy (non-hydrogen) atoms. The van der Waals surface area contributed by atoms with E-state index in [1.165, 1.54) is 34.8 Å². The van der Waals surface area contributed by atoms with E-state index in [0.29, 0.717) is 0 Å². The number of allylic oxidation sites excluding steroid dienone is 3. The fraction of sp³-hybridized carbons (Fsp3) is 0.360. The van der Waals surface area contributed by atoms with Gasteiger partial charge in [0.2, 0.25) is 0 Å². The van der Waals surface area contributed by atoms with Gasteiger partial charge in [0.05, 0.1) is 0 Å². The largest absolute Gasteiger partial charge is 0.316 e. The molecule has 0 saturated heterocycles. The van der Waals surface area contributed by atoms with Crippen molar-refractivity contribution in [1.29, 1.82) is 0 Å². The average Bonchev–Trinajstić information content (AvgIpc) is 3.51. The Morgan fingerprint density at radius 1 is 1.04 bits per heavy atom. The first-order valence-electron chi connectivity index (χ1n) is 10.1. The summed E-state index contributed by atoms with van der Waals surface area (Å²) in [5.41, 5.74) is 4.68. The molecule has 0 heterocycles. The zero-order chi connectivity index (χ0) is 18.7. The van der Waals surface area contributed by atoms with Gasteiger partial charge in [-0.25, -0.2) is 0 Å². The van der Waals surface area contributed by atoms with Gasteiger partial charge in [-0.05, 0) is 67.3 Å². The second-order valence-corrected chi connectivity index (χ2v) is 7.91. The fourth-order valence-electron chi connectivity index (χ4n) is 4.41. The summed E-state index contributed by atoms with van der Waals surface area (Å²) in [6.07, 6.45) is 14.0. The van der Waals surface area contributed by atoms with Crippen LogP contribution >= 0.6 is 0 Å². The predicted molar refractivity (Wildman–Crippen MR) is 116 cm³/mol. The van der Waals surface area contributed by atoms with Crippen molar-refractivity contribution in [2.75, 3.05) is 27.2 Å². The number of likely N-dealkylation sites (N-methyl/N-ethyl adjacent to an activating group) is 2.